The highest BCUT2D eigenvalue weighted by molar-refractivity contribution is 7.99. The maximum absolute atomic E-state index is 12.1. The Hall–Kier alpha value is -0.680. The first-order valence-corrected chi connectivity index (χ1v) is 8.05. The van der Waals surface area contributed by atoms with Crippen LogP contribution >= 0.6 is 23.1 Å². The minimum atomic E-state index is -0.0107. The number of nitrogens with two attached hydrogens (primary N) is 1. The summed E-state index contributed by atoms with van der Waals surface area (Å²) in [5.74, 6) is -0.0107. The fourth-order valence-electron chi connectivity index (χ4n) is 2.28. The normalized spacial score (nSPS) is 24.5. The molecule has 1 aromatic heterocycles. The number of hydrogen-bond donors (Lipinski definition) is 2. The van der Waals surface area contributed by atoms with E-state index in [1.54, 1.807) is 6.07 Å². The van der Waals surface area contributed by atoms with Crippen LogP contribution in [0.25, 0.3) is 0 Å². The third kappa shape index (κ3) is 2.96. The van der Waals surface area contributed by atoms with Crippen LogP contribution in [-0.2, 0) is 0 Å². The quantitative estimate of drug-likeness (QED) is 0.888. The Kier molecular flexibility index (Phi) is 4.34. The Morgan fingerprint density at radius 2 is 2.29 bits per heavy atom. The Bertz CT molecular complexity index is 392. The minimum Gasteiger partial charge on any atom is -0.397 e. The fourth-order valence-corrected chi connectivity index (χ4v) is 3.94. The predicted molar refractivity (Wildman–Crippen MR) is 75.8 cm³/mol. The van der Waals surface area contributed by atoms with Crippen molar-refractivity contribution in [2.75, 3.05) is 12.0 Å². The molecule has 1 aromatic rings. The summed E-state index contributed by atoms with van der Waals surface area (Å²) in [7, 11) is 0. The molecule has 1 aliphatic rings. The molecular formula is C12H18N2OS2. The van der Waals surface area contributed by atoms with Gasteiger partial charge in [0.2, 0.25) is 0 Å². The van der Waals surface area contributed by atoms with E-state index in [-0.39, 0.29) is 5.91 Å². The van der Waals surface area contributed by atoms with Crippen LogP contribution in [0.15, 0.2) is 11.4 Å². The summed E-state index contributed by atoms with van der Waals surface area (Å²) in [6.45, 7) is 0. The van der Waals surface area contributed by atoms with Crippen molar-refractivity contribution in [3.8, 4) is 0 Å². The highest BCUT2D eigenvalue weighted by Crippen LogP contribution is 2.28. The number of nitrogen functional groups attached to an aromatic ring is 1. The van der Waals surface area contributed by atoms with Gasteiger partial charge in [0.25, 0.3) is 5.91 Å². The number of anilines is 1. The smallest absolute Gasteiger partial charge is 0.263 e. The van der Waals surface area contributed by atoms with E-state index in [1.807, 2.05) is 17.1 Å². The molecule has 1 fully saturated rings. The van der Waals surface area contributed by atoms with Crippen LogP contribution in [0.1, 0.15) is 35.4 Å². The molecule has 0 saturated heterocycles. The van der Waals surface area contributed by atoms with Crippen molar-refractivity contribution in [1.82, 2.24) is 5.32 Å². The first kappa shape index (κ1) is 12.8. The van der Waals surface area contributed by atoms with Gasteiger partial charge in [-0.15, -0.1) is 11.3 Å². The largest absolute Gasteiger partial charge is 0.397 e. The molecule has 0 aromatic carbocycles. The lowest BCUT2D eigenvalue weighted by atomic mass is 9.95. The number of carbonyl (C=O) groups is 1. The van der Waals surface area contributed by atoms with Gasteiger partial charge in [0.1, 0.15) is 4.88 Å². The van der Waals surface area contributed by atoms with E-state index < -0.39 is 0 Å². The van der Waals surface area contributed by atoms with Gasteiger partial charge in [-0.3, -0.25) is 4.79 Å². The monoisotopic (exact) mass is 270 g/mol. The lowest BCUT2D eigenvalue weighted by Gasteiger charge is -2.30. The Labute approximate surface area is 110 Å². The van der Waals surface area contributed by atoms with E-state index >= 15 is 0 Å². The number of thiophene rings is 1. The molecule has 2 rings (SSSR count). The van der Waals surface area contributed by atoms with E-state index in [9.17, 15) is 4.79 Å². The number of rotatable bonds is 3. The highest BCUT2D eigenvalue weighted by Gasteiger charge is 2.26. The average molecular weight is 270 g/mol. The Balaban J connectivity index is 2.00. The molecule has 3 N–H and O–H groups in total. The molecular weight excluding hydrogens is 252 g/mol. The molecule has 94 valence electrons. The molecule has 1 aliphatic carbocycles. The van der Waals surface area contributed by atoms with Gasteiger partial charge < -0.3 is 11.1 Å². The number of thioether (sulfide) groups is 1. The van der Waals surface area contributed by atoms with Gasteiger partial charge in [-0.05, 0) is 30.5 Å². The first-order chi connectivity index (χ1) is 8.22. The van der Waals surface area contributed by atoms with E-state index in [2.05, 4.69) is 11.6 Å². The molecule has 0 spiro atoms. The van der Waals surface area contributed by atoms with Crippen LogP contribution in [0.3, 0.4) is 0 Å². The van der Waals surface area contributed by atoms with Gasteiger partial charge in [0.15, 0.2) is 0 Å². The molecule has 1 amide bonds. The molecule has 17 heavy (non-hydrogen) atoms. The number of nitrogens with one attached hydrogen (secondary N) is 1. The van der Waals surface area contributed by atoms with Crippen LogP contribution in [-0.4, -0.2) is 23.5 Å². The lowest BCUT2D eigenvalue weighted by molar-refractivity contribution is 0.0934. The molecule has 3 nitrogen and oxygen atoms in total. The van der Waals surface area contributed by atoms with Crippen molar-refractivity contribution in [3.63, 3.8) is 0 Å². The van der Waals surface area contributed by atoms with E-state index in [0.717, 1.165) is 6.42 Å². The predicted octanol–water partition coefficient (Wildman–Crippen LogP) is 2.73. The standard InChI is InChI=1S/C12H18N2OS2/c1-16-10-5-3-2-4-9(10)14-12(15)11-8(13)6-7-17-11/h6-7,9-10H,2-5,13H2,1H3,(H,14,15). The van der Waals surface area contributed by atoms with Crippen LogP contribution in [0.2, 0.25) is 0 Å². The van der Waals surface area contributed by atoms with Gasteiger partial charge in [-0.1, -0.05) is 12.8 Å². The SMILES string of the molecule is CSC1CCCCC1NC(=O)c1sccc1N. The number of amides is 1. The molecule has 2 atom stereocenters. The molecule has 0 bridgehead atoms. The van der Waals surface area contributed by atoms with Gasteiger partial charge >= 0.3 is 0 Å². The Morgan fingerprint density at radius 1 is 1.53 bits per heavy atom. The maximum atomic E-state index is 12.1. The average Bonchev–Trinajstić information content (AvgIpc) is 2.76. The summed E-state index contributed by atoms with van der Waals surface area (Å²) in [6.07, 6.45) is 6.89. The summed E-state index contributed by atoms with van der Waals surface area (Å²) in [5.41, 5.74) is 6.35. The van der Waals surface area contributed by atoms with Crippen molar-refractivity contribution in [2.24, 2.45) is 0 Å². The summed E-state index contributed by atoms with van der Waals surface area (Å²) < 4.78 is 0. The summed E-state index contributed by atoms with van der Waals surface area (Å²) in [5, 5.41) is 5.54. The second-order valence-electron chi connectivity index (χ2n) is 4.34. The van der Waals surface area contributed by atoms with Gasteiger partial charge in [-0.25, -0.2) is 0 Å². The number of hydrogen-bond acceptors (Lipinski definition) is 4. The summed E-state index contributed by atoms with van der Waals surface area (Å²) in [4.78, 5) is 12.7. The molecule has 5 heteroatoms. The van der Waals surface area contributed by atoms with E-state index in [4.69, 9.17) is 5.73 Å². The number of carbonyl (C=O) groups excluding carboxylic acids is 1. The third-order valence-corrected chi connectivity index (χ3v) is 5.32. The minimum absolute atomic E-state index is 0.0107. The summed E-state index contributed by atoms with van der Waals surface area (Å²) in [6, 6.07) is 2.08. The van der Waals surface area contributed by atoms with Crippen molar-refractivity contribution >= 4 is 34.7 Å². The van der Waals surface area contributed by atoms with E-state index in [0.29, 0.717) is 21.9 Å². The second kappa shape index (κ2) is 5.78. The highest BCUT2D eigenvalue weighted by atomic mass is 32.2. The maximum Gasteiger partial charge on any atom is 0.263 e. The van der Waals surface area contributed by atoms with Gasteiger partial charge in [0.05, 0.1) is 5.69 Å². The molecule has 1 saturated carbocycles. The van der Waals surface area contributed by atoms with Gasteiger partial charge in [0, 0.05) is 11.3 Å². The molecule has 0 radical (unpaired) electrons. The second-order valence-corrected chi connectivity index (χ2v) is 6.34. The molecule has 2 unspecified atom stereocenters. The van der Waals surface area contributed by atoms with Gasteiger partial charge in [-0.2, -0.15) is 11.8 Å². The first-order valence-electron chi connectivity index (χ1n) is 5.89. The fraction of sp³-hybridized carbons (Fsp3) is 0.583. The third-order valence-electron chi connectivity index (χ3n) is 3.22. The van der Waals surface area contributed by atoms with E-state index in [1.165, 1.54) is 30.6 Å². The zero-order valence-electron chi connectivity index (χ0n) is 9.94. The van der Waals surface area contributed by atoms with Crippen molar-refractivity contribution in [3.05, 3.63) is 16.3 Å². The van der Waals surface area contributed by atoms with Crippen LogP contribution in [0.5, 0.6) is 0 Å². The van der Waals surface area contributed by atoms with Crippen molar-refractivity contribution in [2.45, 2.75) is 37.0 Å². The zero-order valence-corrected chi connectivity index (χ0v) is 11.6. The topological polar surface area (TPSA) is 55.1 Å². The van der Waals surface area contributed by atoms with Crippen LogP contribution in [0.4, 0.5) is 5.69 Å². The van der Waals surface area contributed by atoms with Crippen molar-refractivity contribution < 1.29 is 4.79 Å². The van der Waals surface area contributed by atoms with Crippen molar-refractivity contribution in [1.29, 1.82) is 0 Å². The zero-order chi connectivity index (χ0) is 12.3. The molecule has 0 aliphatic heterocycles. The summed E-state index contributed by atoms with van der Waals surface area (Å²) >= 11 is 3.27. The Morgan fingerprint density at radius 3 is 2.94 bits per heavy atom. The lowest BCUT2D eigenvalue weighted by Crippen LogP contribution is -2.43. The molecule has 1 heterocycles. The van der Waals surface area contributed by atoms with Crippen LogP contribution in [0, 0.1) is 0 Å². The van der Waals surface area contributed by atoms with Crippen LogP contribution < -0.4 is 11.1 Å².